The van der Waals surface area contributed by atoms with Crippen LogP contribution in [0.15, 0.2) is 41.4 Å². The molecule has 2 aromatic rings. The lowest BCUT2D eigenvalue weighted by molar-refractivity contribution is -0.00324. The number of piperidine rings is 1. The van der Waals surface area contributed by atoms with Gasteiger partial charge in [-0.15, -0.1) is 0 Å². The lowest BCUT2D eigenvalue weighted by atomic mass is 9.59. The fourth-order valence-electron chi connectivity index (χ4n) is 3.88. The van der Waals surface area contributed by atoms with Gasteiger partial charge >= 0.3 is 0 Å². The molecule has 25 heavy (non-hydrogen) atoms. The highest BCUT2D eigenvalue weighted by Crippen LogP contribution is 2.49. The largest absolute Gasteiger partial charge is 0.459 e. The summed E-state index contributed by atoms with van der Waals surface area (Å²) in [5.74, 6) is 0.155. The molecule has 1 atom stereocenters. The Bertz CT molecular complexity index is 752. The highest BCUT2D eigenvalue weighted by Gasteiger charge is 2.49. The van der Waals surface area contributed by atoms with E-state index in [1.165, 1.54) is 18.7 Å². The van der Waals surface area contributed by atoms with E-state index in [9.17, 15) is 9.59 Å². The summed E-state index contributed by atoms with van der Waals surface area (Å²) in [4.78, 5) is 34.5. The third-order valence-corrected chi connectivity index (χ3v) is 5.55. The molecule has 2 fully saturated rings. The predicted octanol–water partition coefficient (Wildman–Crippen LogP) is 1.88. The first-order chi connectivity index (χ1) is 12.2. The summed E-state index contributed by atoms with van der Waals surface area (Å²) in [6.45, 7) is 1.38. The summed E-state index contributed by atoms with van der Waals surface area (Å²) >= 11 is 0. The van der Waals surface area contributed by atoms with Crippen LogP contribution in [0.3, 0.4) is 0 Å². The summed E-state index contributed by atoms with van der Waals surface area (Å²) < 4.78 is 5.20. The first-order valence-electron chi connectivity index (χ1n) is 8.58. The van der Waals surface area contributed by atoms with Gasteiger partial charge in [-0.1, -0.05) is 0 Å². The van der Waals surface area contributed by atoms with Crippen molar-refractivity contribution in [3.63, 3.8) is 0 Å². The topological polar surface area (TPSA) is 88.3 Å². The lowest BCUT2D eigenvalue weighted by Crippen LogP contribution is -2.59. The minimum atomic E-state index is -0.175. The summed E-state index contributed by atoms with van der Waals surface area (Å²) in [6, 6.07) is 3.56. The second-order valence-electron chi connectivity index (χ2n) is 6.79. The Morgan fingerprint density at radius 2 is 2.08 bits per heavy atom. The van der Waals surface area contributed by atoms with E-state index < -0.39 is 0 Å². The fourth-order valence-corrected chi connectivity index (χ4v) is 3.88. The minimum Gasteiger partial charge on any atom is -0.459 e. The van der Waals surface area contributed by atoms with Gasteiger partial charge in [-0.25, -0.2) is 4.98 Å². The molecule has 1 aliphatic carbocycles. The van der Waals surface area contributed by atoms with Gasteiger partial charge < -0.3 is 14.6 Å². The molecule has 7 heteroatoms. The van der Waals surface area contributed by atoms with Crippen LogP contribution in [0.5, 0.6) is 0 Å². The molecule has 0 bridgehead atoms. The van der Waals surface area contributed by atoms with Crippen molar-refractivity contribution in [1.82, 2.24) is 20.2 Å². The van der Waals surface area contributed by atoms with Crippen LogP contribution < -0.4 is 5.32 Å². The molecule has 2 aromatic heterocycles. The molecule has 0 radical (unpaired) electrons. The standard InChI is InChI=1S/C18H20N4O3/c23-16(13-12-19-7-8-20-13)21-15-3-4-18(15)5-9-22(10-6-18)17(24)14-2-1-11-25-14/h1-2,7-8,11-12,15H,3-6,9-10H2,(H,21,23)/t15-/m0/s1. The van der Waals surface area contributed by atoms with E-state index in [-0.39, 0.29) is 23.3 Å². The van der Waals surface area contributed by atoms with Crippen molar-refractivity contribution >= 4 is 11.8 Å². The second-order valence-corrected chi connectivity index (χ2v) is 6.79. The van der Waals surface area contributed by atoms with E-state index in [0.29, 0.717) is 24.5 Å². The molecule has 0 aromatic carbocycles. The summed E-state index contributed by atoms with van der Waals surface area (Å²) in [7, 11) is 0. The van der Waals surface area contributed by atoms with E-state index in [0.717, 1.165) is 25.7 Å². The summed E-state index contributed by atoms with van der Waals surface area (Å²) in [5, 5.41) is 3.10. The van der Waals surface area contributed by atoms with Crippen molar-refractivity contribution in [2.24, 2.45) is 5.41 Å². The van der Waals surface area contributed by atoms with Crippen LogP contribution in [-0.4, -0.2) is 45.8 Å². The highest BCUT2D eigenvalue weighted by molar-refractivity contribution is 5.92. The highest BCUT2D eigenvalue weighted by atomic mass is 16.3. The van der Waals surface area contributed by atoms with Gasteiger partial charge in [0.15, 0.2) is 5.76 Å². The number of hydrogen-bond acceptors (Lipinski definition) is 5. The summed E-state index contributed by atoms with van der Waals surface area (Å²) in [5.41, 5.74) is 0.438. The average Bonchev–Trinajstić information content (AvgIpc) is 3.20. The number of hydrogen-bond donors (Lipinski definition) is 1. The number of carbonyl (C=O) groups excluding carboxylic acids is 2. The van der Waals surface area contributed by atoms with E-state index in [1.807, 2.05) is 4.90 Å². The Morgan fingerprint density at radius 1 is 1.24 bits per heavy atom. The molecule has 1 aliphatic heterocycles. The number of aromatic nitrogens is 2. The average molecular weight is 340 g/mol. The number of carbonyl (C=O) groups is 2. The number of amides is 2. The Morgan fingerprint density at radius 3 is 2.68 bits per heavy atom. The zero-order valence-electron chi connectivity index (χ0n) is 13.9. The van der Waals surface area contributed by atoms with Gasteiger partial charge in [0.2, 0.25) is 0 Å². The molecular weight excluding hydrogens is 320 g/mol. The van der Waals surface area contributed by atoms with Crippen LogP contribution >= 0.6 is 0 Å². The van der Waals surface area contributed by atoms with Gasteiger partial charge in [-0.05, 0) is 43.2 Å². The Balaban J connectivity index is 1.36. The smallest absolute Gasteiger partial charge is 0.289 e. The monoisotopic (exact) mass is 340 g/mol. The molecule has 4 rings (SSSR count). The number of furan rings is 1. The molecule has 3 heterocycles. The van der Waals surface area contributed by atoms with Crippen LogP contribution in [0.1, 0.15) is 46.7 Å². The van der Waals surface area contributed by atoms with Gasteiger partial charge in [0, 0.05) is 31.5 Å². The third-order valence-electron chi connectivity index (χ3n) is 5.55. The van der Waals surface area contributed by atoms with Crippen molar-refractivity contribution in [2.45, 2.75) is 31.7 Å². The van der Waals surface area contributed by atoms with Crippen molar-refractivity contribution in [3.05, 3.63) is 48.4 Å². The molecule has 1 saturated carbocycles. The Hall–Kier alpha value is -2.70. The third kappa shape index (κ3) is 2.90. The maximum absolute atomic E-state index is 12.4. The molecular formula is C18H20N4O3. The molecule has 2 amide bonds. The fraction of sp³-hybridized carbons (Fsp3) is 0.444. The van der Waals surface area contributed by atoms with E-state index in [1.54, 1.807) is 18.3 Å². The Labute approximate surface area is 145 Å². The molecule has 7 nitrogen and oxygen atoms in total. The maximum Gasteiger partial charge on any atom is 0.289 e. The van der Waals surface area contributed by atoms with Crippen LogP contribution in [0.25, 0.3) is 0 Å². The van der Waals surface area contributed by atoms with Crippen LogP contribution in [0, 0.1) is 5.41 Å². The first kappa shape index (κ1) is 15.8. The Kier molecular flexibility index (Phi) is 3.99. The quantitative estimate of drug-likeness (QED) is 0.922. The molecule has 130 valence electrons. The zero-order chi connectivity index (χ0) is 17.3. The molecule has 1 spiro atoms. The number of nitrogens with zero attached hydrogens (tertiary/aromatic N) is 3. The van der Waals surface area contributed by atoms with Crippen molar-refractivity contribution in [2.75, 3.05) is 13.1 Å². The normalized spacial score (nSPS) is 21.6. The zero-order valence-corrected chi connectivity index (χ0v) is 13.9. The lowest BCUT2D eigenvalue weighted by Gasteiger charge is -2.53. The van der Waals surface area contributed by atoms with Gasteiger partial charge in [0.25, 0.3) is 11.8 Å². The van der Waals surface area contributed by atoms with Crippen molar-refractivity contribution in [3.8, 4) is 0 Å². The summed E-state index contributed by atoms with van der Waals surface area (Å²) in [6.07, 6.45) is 9.90. The van der Waals surface area contributed by atoms with Gasteiger partial charge in [-0.2, -0.15) is 0 Å². The maximum atomic E-state index is 12.4. The molecule has 1 saturated heterocycles. The molecule has 0 unspecified atom stereocenters. The predicted molar refractivity (Wildman–Crippen MR) is 88.8 cm³/mol. The van der Waals surface area contributed by atoms with Crippen molar-refractivity contribution in [1.29, 1.82) is 0 Å². The van der Waals surface area contributed by atoms with Gasteiger partial charge in [0.1, 0.15) is 5.69 Å². The van der Waals surface area contributed by atoms with Crippen molar-refractivity contribution < 1.29 is 14.0 Å². The minimum absolute atomic E-state index is 0.0562. The molecule has 1 N–H and O–H groups in total. The van der Waals surface area contributed by atoms with E-state index in [2.05, 4.69) is 15.3 Å². The van der Waals surface area contributed by atoms with Crippen LogP contribution in [0.4, 0.5) is 0 Å². The van der Waals surface area contributed by atoms with E-state index in [4.69, 9.17) is 4.42 Å². The number of rotatable bonds is 3. The molecule has 2 aliphatic rings. The van der Waals surface area contributed by atoms with E-state index >= 15 is 0 Å². The van der Waals surface area contributed by atoms with Crippen LogP contribution in [-0.2, 0) is 0 Å². The first-order valence-corrected chi connectivity index (χ1v) is 8.58. The second kappa shape index (κ2) is 6.31. The van der Waals surface area contributed by atoms with Crippen LogP contribution in [0.2, 0.25) is 0 Å². The van der Waals surface area contributed by atoms with Gasteiger partial charge in [0.05, 0.1) is 12.5 Å². The number of likely N-dealkylation sites (tertiary alicyclic amines) is 1. The number of nitrogens with one attached hydrogen (secondary N) is 1. The van der Waals surface area contributed by atoms with Gasteiger partial charge in [-0.3, -0.25) is 14.6 Å². The SMILES string of the molecule is O=C(N[C@H]1CCC12CCN(C(=O)c1ccco1)CC2)c1cnccn1.